The molecule has 2 atom stereocenters. The monoisotopic (exact) mass is 336 g/mol. The van der Waals surface area contributed by atoms with Gasteiger partial charge in [-0.15, -0.1) is 0 Å². The van der Waals surface area contributed by atoms with Crippen LogP contribution in [0.5, 0.6) is 0 Å². The van der Waals surface area contributed by atoms with Gasteiger partial charge in [0.25, 0.3) is 0 Å². The summed E-state index contributed by atoms with van der Waals surface area (Å²) < 4.78 is 64.9. The van der Waals surface area contributed by atoms with E-state index in [4.69, 9.17) is 5.73 Å². The molecule has 0 aromatic heterocycles. The molecule has 2 unspecified atom stereocenters. The van der Waals surface area contributed by atoms with Crippen molar-refractivity contribution in [1.82, 2.24) is 4.31 Å². The van der Waals surface area contributed by atoms with Gasteiger partial charge in [-0.3, -0.25) is 0 Å². The highest BCUT2D eigenvalue weighted by Gasteiger charge is 2.36. The van der Waals surface area contributed by atoms with Gasteiger partial charge >= 0.3 is 6.18 Å². The van der Waals surface area contributed by atoms with Crippen molar-refractivity contribution in [3.8, 4) is 0 Å². The standard InChI is InChI=1S/C14H19F3N2O2S/c1-10-8-19(7-6-13(10)18)22(20,21)9-11-4-2-3-5-12(11)14(15,16)17/h2-5,10,13H,6-9,18H2,1H3. The Kier molecular flexibility index (Phi) is 4.84. The number of benzene rings is 1. The Labute approximate surface area is 128 Å². The summed E-state index contributed by atoms with van der Waals surface area (Å²) in [6.07, 6.45) is -4.05. The second-order valence-corrected chi connectivity index (χ2v) is 7.67. The summed E-state index contributed by atoms with van der Waals surface area (Å²) in [6.45, 7) is 2.34. The lowest BCUT2D eigenvalue weighted by molar-refractivity contribution is -0.138. The first-order chi connectivity index (χ1) is 10.1. The SMILES string of the molecule is CC1CN(S(=O)(=O)Cc2ccccc2C(F)(F)F)CCC1N. The number of piperidine rings is 1. The number of alkyl halides is 3. The zero-order valence-corrected chi connectivity index (χ0v) is 13.0. The van der Waals surface area contributed by atoms with E-state index in [1.165, 1.54) is 22.5 Å². The summed E-state index contributed by atoms with van der Waals surface area (Å²) in [4.78, 5) is 0. The molecule has 124 valence electrons. The number of halogens is 3. The van der Waals surface area contributed by atoms with Crippen LogP contribution in [-0.2, 0) is 22.0 Å². The average Bonchev–Trinajstić information content (AvgIpc) is 2.40. The summed E-state index contributed by atoms with van der Waals surface area (Å²) in [6, 6.07) is 4.70. The molecular weight excluding hydrogens is 317 g/mol. The molecule has 8 heteroatoms. The first kappa shape index (κ1) is 17.2. The fraction of sp³-hybridized carbons (Fsp3) is 0.571. The molecule has 22 heavy (non-hydrogen) atoms. The van der Waals surface area contributed by atoms with Gasteiger partial charge in [-0.25, -0.2) is 12.7 Å². The van der Waals surface area contributed by atoms with Crippen molar-refractivity contribution in [2.24, 2.45) is 11.7 Å². The van der Waals surface area contributed by atoms with Gasteiger partial charge in [0.2, 0.25) is 10.0 Å². The quantitative estimate of drug-likeness (QED) is 0.920. The molecule has 2 rings (SSSR count). The number of nitrogens with zero attached hydrogens (tertiary/aromatic N) is 1. The largest absolute Gasteiger partial charge is 0.416 e. The zero-order valence-electron chi connectivity index (χ0n) is 12.2. The number of sulfonamides is 1. The third-order valence-corrected chi connectivity index (χ3v) is 5.78. The number of hydrogen-bond donors (Lipinski definition) is 1. The van der Waals surface area contributed by atoms with E-state index in [9.17, 15) is 21.6 Å². The fourth-order valence-electron chi connectivity index (χ4n) is 2.59. The minimum atomic E-state index is -4.57. The molecule has 1 heterocycles. The molecule has 0 aliphatic carbocycles. The highest BCUT2D eigenvalue weighted by molar-refractivity contribution is 7.88. The van der Waals surface area contributed by atoms with Crippen LogP contribution < -0.4 is 5.73 Å². The molecule has 2 N–H and O–H groups in total. The molecule has 0 amide bonds. The van der Waals surface area contributed by atoms with Gasteiger partial charge < -0.3 is 5.73 Å². The minimum Gasteiger partial charge on any atom is -0.327 e. The fourth-order valence-corrected chi connectivity index (χ4v) is 4.26. The predicted octanol–water partition coefficient (Wildman–Crippen LogP) is 2.20. The van der Waals surface area contributed by atoms with Gasteiger partial charge in [-0.1, -0.05) is 25.1 Å². The Hall–Kier alpha value is -1.12. The van der Waals surface area contributed by atoms with E-state index in [1.54, 1.807) is 0 Å². The Morgan fingerprint density at radius 3 is 2.55 bits per heavy atom. The highest BCUT2D eigenvalue weighted by Crippen LogP contribution is 2.33. The normalized spacial score (nSPS) is 24.4. The van der Waals surface area contributed by atoms with Crippen LogP contribution in [0.25, 0.3) is 0 Å². The van der Waals surface area contributed by atoms with Crippen LogP contribution in [-0.4, -0.2) is 31.9 Å². The van der Waals surface area contributed by atoms with E-state index < -0.39 is 27.5 Å². The van der Waals surface area contributed by atoms with Crippen molar-refractivity contribution in [2.75, 3.05) is 13.1 Å². The maximum atomic E-state index is 13.0. The van der Waals surface area contributed by atoms with Crippen molar-refractivity contribution >= 4 is 10.0 Å². The van der Waals surface area contributed by atoms with Crippen LogP contribution in [0.4, 0.5) is 13.2 Å². The molecule has 1 aromatic rings. The maximum Gasteiger partial charge on any atom is 0.416 e. The van der Waals surface area contributed by atoms with Gasteiger partial charge in [0.15, 0.2) is 0 Å². The molecule has 4 nitrogen and oxygen atoms in total. The van der Waals surface area contributed by atoms with Crippen molar-refractivity contribution < 1.29 is 21.6 Å². The summed E-state index contributed by atoms with van der Waals surface area (Å²) >= 11 is 0. The number of nitrogens with two attached hydrogens (primary N) is 1. The second-order valence-electron chi connectivity index (χ2n) is 5.70. The molecule has 0 saturated carbocycles. The third kappa shape index (κ3) is 3.80. The molecule has 1 aliphatic heterocycles. The Morgan fingerprint density at radius 2 is 1.95 bits per heavy atom. The highest BCUT2D eigenvalue weighted by atomic mass is 32.2. The smallest absolute Gasteiger partial charge is 0.327 e. The summed E-state index contributed by atoms with van der Waals surface area (Å²) in [5.41, 5.74) is 4.72. The van der Waals surface area contributed by atoms with Crippen LogP contribution >= 0.6 is 0 Å². The Morgan fingerprint density at radius 1 is 1.32 bits per heavy atom. The second kappa shape index (κ2) is 6.17. The average molecular weight is 336 g/mol. The molecule has 1 fully saturated rings. The summed E-state index contributed by atoms with van der Waals surface area (Å²) in [5, 5.41) is 0. The van der Waals surface area contributed by atoms with Gasteiger partial charge in [-0.2, -0.15) is 13.2 Å². The molecule has 0 spiro atoms. The third-order valence-electron chi connectivity index (χ3n) is 3.99. The van der Waals surface area contributed by atoms with Crippen LogP contribution in [0.2, 0.25) is 0 Å². The molecule has 1 aromatic carbocycles. The first-order valence-corrected chi connectivity index (χ1v) is 8.60. The summed E-state index contributed by atoms with van der Waals surface area (Å²) in [7, 11) is -3.80. The predicted molar refractivity (Wildman–Crippen MR) is 77.4 cm³/mol. The number of rotatable bonds is 3. The van der Waals surface area contributed by atoms with Gasteiger partial charge in [0.1, 0.15) is 0 Å². The first-order valence-electron chi connectivity index (χ1n) is 7.00. The van der Waals surface area contributed by atoms with E-state index in [0.29, 0.717) is 6.42 Å². The van der Waals surface area contributed by atoms with Gasteiger partial charge in [0.05, 0.1) is 11.3 Å². The van der Waals surface area contributed by atoms with E-state index in [-0.39, 0.29) is 30.6 Å². The van der Waals surface area contributed by atoms with Crippen LogP contribution in [0.3, 0.4) is 0 Å². The van der Waals surface area contributed by atoms with Gasteiger partial charge in [0, 0.05) is 19.1 Å². The molecule has 0 bridgehead atoms. The molecular formula is C14H19F3N2O2S. The van der Waals surface area contributed by atoms with E-state index in [2.05, 4.69) is 0 Å². The lowest BCUT2D eigenvalue weighted by atomic mass is 9.96. The van der Waals surface area contributed by atoms with Crippen molar-refractivity contribution in [1.29, 1.82) is 0 Å². The van der Waals surface area contributed by atoms with E-state index in [0.717, 1.165) is 6.07 Å². The van der Waals surface area contributed by atoms with Crippen molar-refractivity contribution in [2.45, 2.75) is 31.3 Å². The van der Waals surface area contributed by atoms with Crippen molar-refractivity contribution in [3.63, 3.8) is 0 Å². The zero-order chi connectivity index (χ0) is 16.5. The van der Waals surface area contributed by atoms with E-state index in [1.807, 2.05) is 6.92 Å². The summed E-state index contributed by atoms with van der Waals surface area (Å²) in [5.74, 6) is -0.661. The minimum absolute atomic E-state index is 0.0126. The molecule has 1 saturated heterocycles. The van der Waals surface area contributed by atoms with Crippen LogP contribution in [0.15, 0.2) is 24.3 Å². The lowest BCUT2D eigenvalue weighted by Crippen LogP contribution is -2.48. The van der Waals surface area contributed by atoms with Crippen LogP contribution in [0.1, 0.15) is 24.5 Å². The van der Waals surface area contributed by atoms with Crippen LogP contribution in [0, 0.1) is 5.92 Å². The van der Waals surface area contributed by atoms with Gasteiger partial charge in [-0.05, 0) is 24.0 Å². The topological polar surface area (TPSA) is 63.4 Å². The maximum absolute atomic E-state index is 13.0. The lowest BCUT2D eigenvalue weighted by Gasteiger charge is -2.34. The van der Waals surface area contributed by atoms with Crippen molar-refractivity contribution in [3.05, 3.63) is 35.4 Å². The number of hydrogen-bond acceptors (Lipinski definition) is 3. The Balaban J connectivity index is 2.23. The molecule has 1 aliphatic rings. The van der Waals surface area contributed by atoms with E-state index >= 15 is 0 Å². The Bertz CT molecular complexity index is 631. The molecule has 0 radical (unpaired) electrons.